The van der Waals surface area contributed by atoms with E-state index < -0.39 is 6.09 Å². The highest BCUT2D eigenvalue weighted by Gasteiger charge is 2.29. The monoisotopic (exact) mass is 465 g/mol. The number of fused-ring (bicyclic) bond motifs is 2. The maximum absolute atomic E-state index is 11.7. The molecular weight excluding hydrogens is 442 g/mol. The van der Waals surface area contributed by atoms with Crippen molar-refractivity contribution in [2.75, 3.05) is 25.1 Å². The van der Waals surface area contributed by atoms with Gasteiger partial charge in [-0.1, -0.05) is 18.5 Å². The van der Waals surface area contributed by atoms with Crippen LogP contribution in [0.5, 0.6) is 0 Å². The summed E-state index contributed by atoms with van der Waals surface area (Å²) < 4.78 is 4.78. The lowest BCUT2D eigenvalue weighted by Gasteiger charge is -2.27. The lowest BCUT2D eigenvalue weighted by molar-refractivity contribution is 0.167. The Morgan fingerprint density at radius 3 is 3.09 bits per heavy atom. The first-order chi connectivity index (χ1) is 16.0. The molecule has 10 heteroatoms. The van der Waals surface area contributed by atoms with Crippen LogP contribution in [0.15, 0.2) is 37.1 Å². The number of ether oxygens (including phenoxy) is 1. The van der Waals surface area contributed by atoms with Crippen molar-refractivity contribution in [1.29, 1.82) is 0 Å². The summed E-state index contributed by atoms with van der Waals surface area (Å²) in [7, 11) is 1.38. The number of benzene rings is 1. The fourth-order valence-electron chi connectivity index (χ4n) is 4.59. The summed E-state index contributed by atoms with van der Waals surface area (Å²) >= 11 is 6.71. The van der Waals surface area contributed by atoms with E-state index in [4.69, 9.17) is 21.3 Å². The van der Waals surface area contributed by atoms with Crippen molar-refractivity contribution in [2.45, 2.75) is 31.7 Å². The van der Waals surface area contributed by atoms with Crippen molar-refractivity contribution in [1.82, 2.24) is 30.2 Å². The maximum atomic E-state index is 11.7. The second-order valence-electron chi connectivity index (χ2n) is 8.29. The van der Waals surface area contributed by atoms with E-state index in [0.29, 0.717) is 23.6 Å². The summed E-state index contributed by atoms with van der Waals surface area (Å²) in [5.74, 6) is 0.0953. The molecule has 2 N–H and O–H groups in total. The fraction of sp³-hybridized carbons (Fsp3) is 0.348. The van der Waals surface area contributed by atoms with Gasteiger partial charge in [0.1, 0.15) is 11.8 Å². The average Bonchev–Trinajstić information content (AvgIpc) is 3.49. The fourth-order valence-corrected chi connectivity index (χ4v) is 4.86. The number of aromatic nitrogens is 5. The van der Waals surface area contributed by atoms with Crippen molar-refractivity contribution in [3.05, 3.63) is 53.3 Å². The average molecular weight is 466 g/mol. The molecule has 1 unspecified atom stereocenters. The minimum atomic E-state index is -0.415. The maximum Gasteiger partial charge on any atom is 0.407 e. The number of amides is 1. The van der Waals surface area contributed by atoms with Gasteiger partial charge in [-0.15, -0.1) is 0 Å². The second-order valence-corrected chi connectivity index (χ2v) is 8.70. The van der Waals surface area contributed by atoms with Gasteiger partial charge in [0.15, 0.2) is 5.65 Å². The molecule has 0 radical (unpaired) electrons. The van der Waals surface area contributed by atoms with E-state index in [2.05, 4.69) is 37.1 Å². The van der Waals surface area contributed by atoms with Gasteiger partial charge >= 0.3 is 6.09 Å². The molecule has 0 aliphatic carbocycles. The number of pyridine rings is 1. The van der Waals surface area contributed by atoms with Crippen LogP contribution in [-0.2, 0) is 11.2 Å². The zero-order valence-corrected chi connectivity index (χ0v) is 19.1. The quantitative estimate of drug-likeness (QED) is 0.461. The number of alkyl carbamates (subject to hydrolysis) is 1. The first-order valence-electron chi connectivity index (χ1n) is 10.8. The van der Waals surface area contributed by atoms with Crippen molar-refractivity contribution in [2.24, 2.45) is 0 Å². The van der Waals surface area contributed by atoms with Gasteiger partial charge in [-0.2, -0.15) is 0 Å². The van der Waals surface area contributed by atoms with Gasteiger partial charge in [0.25, 0.3) is 0 Å². The van der Waals surface area contributed by atoms with Crippen molar-refractivity contribution < 1.29 is 9.53 Å². The molecule has 1 fully saturated rings. The van der Waals surface area contributed by atoms with E-state index in [-0.39, 0.29) is 12.0 Å². The van der Waals surface area contributed by atoms with Gasteiger partial charge in [-0.05, 0) is 42.5 Å². The predicted octanol–water partition coefficient (Wildman–Crippen LogP) is 3.84. The third-order valence-corrected chi connectivity index (χ3v) is 6.50. The number of rotatable bonds is 5. The van der Waals surface area contributed by atoms with Gasteiger partial charge in [-0.3, -0.25) is 4.98 Å². The molecule has 2 atom stereocenters. The van der Waals surface area contributed by atoms with E-state index in [1.54, 1.807) is 18.9 Å². The van der Waals surface area contributed by atoms with E-state index in [1.807, 2.05) is 18.2 Å². The molecule has 1 aromatic carbocycles. The molecule has 0 saturated carbocycles. The number of aromatic amines is 1. The highest BCUT2D eigenvalue weighted by molar-refractivity contribution is 6.36. The van der Waals surface area contributed by atoms with Crippen molar-refractivity contribution in [3.63, 3.8) is 0 Å². The zero-order chi connectivity index (χ0) is 22.9. The number of carbonyl (C=O) groups excluding carboxylic acids is 1. The van der Waals surface area contributed by atoms with Crippen LogP contribution in [0.2, 0.25) is 5.02 Å². The van der Waals surface area contributed by atoms with E-state index in [1.165, 1.54) is 7.11 Å². The molecule has 5 rings (SSSR count). The molecule has 1 saturated heterocycles. The van der Waals surface area contributed by atoms with Crippen molar-refractivity contribution in [3.8, 4) is 0 Å². The Morgan fingerprint density at radius 1 is 1.36 bits per heavy atom. The van der Waals surface area contributed by atoms with E-state index >= 15 is 0 Å². The Labute approximate surface area is 195 Å². The number of hydrogen-bond acceptors (Lipinski definition) is 7. The summed E-state index contributed by atoms with van der Waals surface area (Å²) in [6, 6.07) is 5.92. The standard InChI is InChI=1S/C23H24ClN7O2/c1-13(8-18-20-22(28-11-26-18)29-12-27-20)16-9-17(24)15-4-3-6-25-19(15)21(16)31-7-5-14(10-31)30-23(32)33-2/h3-4,6,9,11-14H,5,7-8,10H2,1-2H3,(H,30,32)(H,26,27,28,29)/t13?,14-/m0/s1. The molecular formula is C23H24ClN7O2. The highest BCUT2D eigenvalue weighted by Crippen LogP contribution is 2.40. The molecule has 1 aliphatic heterocycles. The second kappa shape index (κ2) is 8.82. The molecule has 4 heterocycles. The molecule has 4 aromatic rings. The number of anilines is 1. The minimum absolute atomic E-state index is 0.00142. The Hall–Kier alpha value is -3.46. The number of imidazole rings is 1. The van der Waals surface area contributed by atoms with Crippen LogP contribution in [0, 0.1) is 0 Å². The van der Waals surface area contributed by atoms with Crippen LogP contribution < -0.4 is 10.2 Å². The van der Waals surface area contributed by atoms with Gasteiger partial charge in [0.05, 0.1) is 41.4 Å². The molecule has 0 spiro atoms. The Balaban J connectivity index is 1.54. The van der Waals surface area contributed by atoms with Crippen LogP contribution in [0.25, 0.3) is 22.1 Å². The summed E-state index contributed by atoms with van der Waals surface area (Å²) in [6.07, 6.45) is 6.05. The number of nitrogens with one attached hydrogen (secondary N) is 2. The number of H-pyrrole nitrogens is 1. The van der Waals surface area contributed by atoms with E-state index in [9.17, 15) is 4.79 Å². The lowest BCUT2D eigenvalue weighted by Crippen LogP contribution is -2.37. The SMILES string of the molecule is COC(=O)N[C@H]1CCN(c2c(C(C)Cc3ncnc4nc[nH]c34)cc(Cl)c3cccnc23)C1. The molecule has 33 heavy (non-hydrogen) atoms. The number of carbonyl (C=O) groups is 1. The van der Waals surface area contributed by atoms with Crippen LogP contribution in [0.4, 0.5) is 10.5 Å². The van der Waals surface area contributed by atoms with Crippen molar-refractivity contribution >= 4 is 45.4 Å². The molecule has 9 nitrogen and oxygen atoms in total. The van der Waals surface area contributed by atoms with Crippen LogP contribution >= 0.6 is 11.6 Å². The summed E-state index contributed by atoms with van der Waals surface area (Å²) in [5, 5.41) is 4.49. The van der Waals surface area contributed by atoms with Crippen LogP contribution in [0.3, 0.4) is 0 Å². The Kier molecular flexibility index (Phi) is 5.72. The van der Waals surface area contributed by atoms with Gasteiger partial charge in [0, 0.05) is 24.7 Å². The van der Waals surface area contributed by atoms with Crippen LogP contribution in [-0.4, -0.2) is 57.3 Å². The molecule has 3 aromatic heterocycles. The van der Waals surface area contributed by atoms with Gasteiger partial charge < -0.3 is 19.9 Å². The summed E-state index contributed by atoms with van der Waals surface area (Å²) in [4.78, 5) is 34.8. The smallest absolute Gasteiger partial charge is 0.407 e. The molecule has 170 valence electrons. The van der Waals surface area contributed by atoms with E-state index in [0.717, 1.165) is 46.3 Å². The van der Waals surface area contributed by atoms with Gasteiger partial charge in [0.2, 0.25) is 0 Å². The largest absolute Gasteiger partial charge is 0.453 e. The first kappa shape index (κ1) is 21.4. The molecule has 1 amide bonds. The first-order valence-corrected chi connectivity index (χ1v) is 11.2. The van der Waals surface area contributed by atoms with Gasteiger partial charge in [-0.25, -0.2) is 19.7 Å². The van der Waals surface area contributed by atoms with Crippen LogP contribution in [0.1, 0.15) is 30.5 Å². The third kappa shape index (κ3) is 4.04. The third-order valence-electron chi connectivity index (χ3n) is 6.19. The summed E-state index contributed by atoms with van der Waals surface area (Å²) in [5.41, 5.74) is 5.41. The number of nitrogens with zero attached hydrogens (tertiary/aromatic N) is 5. The topological polar surface area (TPSA) is 109 Å². The minimum Gasteiger partial charge on any atom is -0.453 e. The normalized spacial score (nSPS) is 16.9. The number of halogens is 1. The molecule has 0 bridgehead atoms. The molecule has 1 aliphatic rings. The number of hydrogen-bond donors (Lipinski definition) is 2. The highest BCUT2D eigenvalue weighted by atomic mass is 35.5. The zero-order valence-electron chi connectivity index (χ0n) is 18.4. The lowest BCUT2D eigenvalue weighted by atomic mass is 9.92. The Morgan fingerprint density at radius 2 is 2.24 bits per heavy atom. The predicted molar refractivity (Wildman–Crippen MR) is 127 cm³/mol. The number of methoxy groups -OCH3 is 1. The Bertz CT molecular complexity index is 1320. The summed E-state index contributed by atoms with van der Waals surface area (Å²) in [6.45, 7) is 3.62.